The van der Waals surface area contributed by atoms with Gasteiger partial charge >= 0.3 is 0 Å². The van der Waals surface area contributed by atoms with Crippen LogP contribution in [0.25, 0.3) is 0 Å². The Morgan fingerprint density at radius 3 is 2.44 bits per heavy atom. The Morgan fingerprint density at radius 1 is 1.31 bits per heavy atom. The largest absolute Gasteiger partial charge is 0.390 e. The molecule has 1 aromatic rings. The smallest absolute Gasteiger partial charge is 0.0662 e. The van der Waals surface area contributed by atoms with Crippen molar-refractivity contribution in [3.8, 4) is 0 Å². The van der Waals surface area contributed by atoms with Crippen molar-refractivity contribution in [2.24, 2.45) is 5.92 Å². The van der Waals surface area contributed by atoms with Crippen molar-refractivity contribution in [1.82, 2.24) is 0 Å². The van der Waals surface area contributed by atoms with Gasteiger partial charge in [0.15, 0.2) is 0 Å². The van der Waals surface area contributed by atoms with Crippen LogP contribution in [0.4, 0.5) is 0 Å². The molecule has 0 fully saturated rings. The standard InChI is InChI=1S/C13H18Cl2O/c1-9(2)7-13(3,16)8-10-4-5-11(14)6-12(10)15/h4-6,9,16H,7-8H2,1-3H3. The second kappa shape index (κ2) is 5.39. The molecule has 1 nitrogen and oxygen atoms in total. The Bertz CT molecular complexity index is 359. The van der Waals surface area contributed by atoms with Crippen molar-refractivity contribution >= 4 is 23.2 Å². The van der Waals surface area contributed by atoms with Crippen LogP contribution in [0.1, 0.15) is 32.8 Å². The van der Waals surface area contributed by atoms with Gasteiger partial charge < -0.3 is 5.11 Å². The van der Waals surface area contributed by atoms with Crippen LogP contribution in [-0.4, -0.2) is 10.7 Å². The summed E-state index contributed by atoms with van der Waals surface area (Å²) >= 11 is 11.9. The quantitative estimate of drug-likeness (QED) is 0.855. The average molecular weight is 261 g/mol. The highest BCUT2D eigenvalue weighted by Crippen LogP contribution is 2.27. The zero-order chi connectivity index (χ0) is 12.3. The molecule has 0 aliphatic rings. The predicted molar refractivity (Wildman–Crippen MR) is 70.2 cm³/mol. The van der Waals surface area contributed by atoms with E-state index in [4.69, 9.17) is 23.2 Å². The minimum atomic E-state index is -0.717. The van der Waals surface area contributed by atoms with Gasteiger partial charge in [0.25, 0.3) is 0 Å². The third-order valence-corrected chi connectivity index (χ3v) is 3.02. The van der Waals surface area contributed by atoms with Gasteiger partial charge in [-0.2, -0.15) is 0 Å². The topological polar surface area (TPSA) is 20.2 Å². The molecule has 0 aliphatic carbocycles. The van der Waals surface area contributed by atoms with E-state index in [9.17, 15) is 5.11 Å². The summed E-state index contributed by atoms with van der Waals surface area (Å²) in [5.74, 6) is 0.459. The van der Waals surface area contributed by atoms with Gasteiger partial charge in [-0.3, -0.25) is 0 Å². The van der Waals surface area contributed by atoms with Crippen LogP contribution < -0.4 is 0 Å². The molecule has 1 N–H and O–H groups in total. The minimum absolute atomic E-state index is 0.459. The van der Waals surface area contributed by atoms with Gasteiger partial charge in [0, 0.05) is 16.5 Å². The molecule has 0 saturated heterocycles. The zero-order valence-electron chi connectivity index (χ0n) is 9.93. The van der Waals surface area contributed by atoms with E-state index in [1.54, 1.807) is 12.1 Å². The third kappa shape index (κ3) is 4.32. The van der Waals surface area contributed by atoms with Gasteiger partial charge in [-0.15, -0.1) is 0 Å². The first-order valence-corrected chi connectivity index (χ1v) is 6.22. The molecule has 1 unspecified atom stereocenters. The van der Waals surface area contributed by atoms with Crippen molar-refractivity contribution in [2.45, 2.75) is 39.2 Å². The van der Waals surface area contributed by atoms with Gasteiger partial charge in [-0.05, 0) is 37.0 Å². The van der Waals surface area contributed by atoms with E-state index in [2.05, 4.69) is 13.8 Å². The first-order chi connectivity index (χ1) is 7.30. The Hall–Kier alpha value is -0.240. The summed E-state index contributed by atoms with van der Waals surface area (Å²) in [6.45, 7) is 6.04. The van der Waals surface area contributed by atoms with Gasteiger partial charge in [0.1, 0.15) is 0 Å². The molecule has 3 heteroatoms. The lowest BCUT2D eigenvalue weighted by Crippen LogP contribution is -2.29. The average Bonchev–Trinajstić information content (AvgIpc) is 2.07. The lowest BCUT2D eigenvalue weighted by molar-refractivity contribution is 0.0388. The number of benzene rings is 1. The molecule has 0 aliphatic heterocycles. The molecule has 1 rings (SSSR count). The Morgan fingerprint density at radius 2 is 1.94 bits per heavy atom. The summed E-state index contributed by atoms with van der Waals surface area (Å²) in [5, 5.41) is 11.5. The van der Waals surface area contributed by atoms with Gasteiger partial charge in [0.2, 0.25) is 0 Å². The van der Waals surface area contributed by atoms with Crippen LogP contribution in [0.3, 0.4) is 0 Å². The van der Waals surface area contributed by atoms with Crippen molar-refractivity contribution in [2.75, 3.05) is 0 Å². The zero-order valence-corrected chi connectivity index (χ0v) is 11.4. The van der Waals surface area contributed by atoms with Crippen LogP contribution in [0.5, 0.6) is 0 Å². The Labute approximate surface area is 107 Å². The van der Waals surface area contributed by atoms with Crippen LogP contribution in [0, 0.1) is 5.92 Å². The van der Waals surface area contributed by atoms with Crippen molar-refractivity contribution in [3.63, 3.8) is 0 Å². The molecule has 0 amide bonds. The maximum absolute atomic E-state index is 10.2. The van der Waals surface area contributed by atoms with E-state index < -0.39 is 5.60 Å². The molecule has 0 saturated carbocycles. The molecule has 0 heterocycles. The SMILES string of the molecule is CC(C)CC(C)(O)Cc1ccc(Cl)cc1Cl. The van der Waals surface area contributed by atoms with E-state index in [-0.39, 0.29) is 0 Å². The van der Waals surface area contributed by atoms with Crippen LogP contribution >= 0.6 is 23.2 Å². The van der Waals surface area contributed by atoms with Crippen LogP contribution in [0.2, 0.25) is 10.0 Å². The molecular weight excluding hydrogens is 243 g/mol. The number of hydrogen-bond donors (Lipinski definition) is 1. The minimum Gasteiger partial charge on any atom is -0.390 e. The van der Waals surface area contributed by atoms with Gasteiger partial charge in [-0.1, -0.05) is 43.1 Å². The highest BCUT2D eigenvalue weighted by Gasteiger charge is 2.23. The summed E-state index contributed by atoms with van der Waals surface area (Å²) in [7, 11) is 0. The summed E-state index contributed by atoms with van der Waals surface area (Å²) in [5.41, 5.74) is 0.225. The Kier molecular flexibility index (Phi) is 4.66. The van der Waals surface area contributed by atoms with Crippen LogP contribution in [-0.2, 0) is 6.42 Å². The summed E-state index contributed by atoms with van der Waals surface area (Å²) in [6, 6.07) is 5.39. The summed E-state index contributed by atoms with van der Waals surface area (Å²) in [4.78, 5) is 0. The maximum Gasteiger partial charge on any atom is 0.0662 e. The van der Waals surface area contributed by atoms with E-state index in [1.807, 2.05) is 13.0 Å². The van der Waals surface area contributed by atoms with Gasteiger partial charge in [-0.25, -0.2) is 0 Å². The second-order valence-electron chi connectivity index (χ2n) is 5.01. The molecular formula is C13H18Cl2O. The molecule has 1 aromatic carbocycles. The fourth-order valence-electron chi connectivity index (χ4n) is 2.03. The second-order valence-corrected chi connectivity index (χ2v) is 5.85. The number of aliphatic hydroxyl groups is 1. The van der Waals surface area contributed by atoms with Crippen LogP contribution in [0.15, 0.2) is 18.2 Å². The first kappa shape index (κ1) is 13.8. The van der Waals surface area contributed by atoms with Crippen molar-refractivity contribution in [3.05, 3.63) is 33.8 Å². The highest BCUT2D eigenvalue weighted by atomic mass is 35.5. The molecule has 0 radical (unpaired) electrons. The normalized spacial score (nSPS) is 15.2. The predicted octanol–water partition coefficient (Wildman–Crippen LogP) is 4.33. The summed E-state index contributed by atoms with van der Waals surface area (Å²) in [6.07, 6.45) is 1.31. The number of rotatable bonds is 4. The van der Waals surface area contributed by atoms with Crippen molar-refractivity contribution in [1.29, 1.82) is 0 Å². The lowest BCUT2D eigenvalue weighted by atomic mass is 9.88. The van der Waals surface area contributed by atoms with E-state index >= 15 is 0 Å². The first-order valence-electron chi connectivity index (χ1n) is 5.46. The number of hydrogen-bond acceptors (Lipinski definition) is 1. The molecule has 1 atom stereocenters. The lowest BCUT2D eigenvalue weighted by Gasteiger charge is -2.25. The molecule has 0 spiro atoms. The highest BCUT2D eigenvalue weighted by molar-refractivity contribution is 6.35. The monoisotopic (exact) mass is 260 g/mol. The van der Waals surface area contributed by atoms with Gasteiger partial charge in [0.05, 0.1) is 5.60 Å². The van der Waals surface area contributed by atoms with E-state index in [0.717, 1.165) is 12.0 Å². The molecule has 16 heavy (non-hydrogen) atoms. The number of halogens is 2. The summed E-state index contributed by atoms with van der Waals surface area (Å²) < 4.78 is 0. The van der Waals surface area contributed by atoms with E-state index in [0.29, 0.717) is 22.4 Å². The molecule has 0 bridgehead atoms. The fraction of sp³-hybridized carbons (Fsp3) is 0.538. The molecule has 90 valence electrons. The Balaban J connectivity index is 2.79. The van der Waals surface area contributed by atoms with Crippen molar-refractivity contribution < 1.29 is 5.11 Å². The molecule has 0 aromatic heterocycles. The fourth-order valence-corrected chi connectivity index (χ4v) is 2.50. The maximum atomic E-state index is 10.2. The van der Waals surface area contributed by atoms with E-state index in [1.165, 1.54) is 0 Å². The third-order valence-electron chi connectivity index (χ3n) is 2.43.